The number of aliphatic hydroxyl groups is 1. The van der Waals surface area contributed by atoms with E-state index in [0.29, 0.717) is 18.5 Å². The van der Waals surface area contributed by atoms with Crippen LogP contribution in [0.4, 0.5) is 8.78 Å². The number of aliphatic hydroxyl groups excluding tert-OH is 1. The SMILES string of the molecule is Cc1cccc(C(=O)N2CC[C@@H](Oc3cc(F)cc(F)c3)[C@H](O)C2)c1. The molecule has 1 N–H and O–H groups in total. The van der Waals surface area contributed by atoms with E-state index in [4.69, 9.17) is 4.74 Å². The van der Waals surface area contributed by atoms with Crippen LogP contribution in [0.15, 0.2) is 42.5 Å². The van der Waals surface area contributed by atoms with E-state index >= 15 is 0 Å². The standard InChI is InChI=1S/C19H19F2NO3/c1-12-3-2-4-13(7-12)19(24)22-6-5-18(17(23)11-22)25-16-9-14(20)8-15(21)10-16/h2-4,7-10,17-18,23H,5-6,11H2,1H3/t17-,18-/m1/s1. The summed E-state index contributed by atoms with van der Waals surface area (Å²) in [5, 5.41) is 10.3. The van der Waals surface area contributed by atoms with Crippen LogP contribution in [0.25, 0.3) is 0 Å². The molecule has 6 heteroatoms. The van der Waals surface area contributed by atoms with Gasteiger partial charge in [0.1, 0.15) is 29.6 Å². The van der Waals surface area contributed by atoms with Gasteiger partial charge in [-0.1, -0.05) is 17.7 Å². The summed E-state index contributed by atoms with van der Waals surface area (Å²) in [6.07, 6.45) is -1.19. The van der Waals surface area contributed by atoms with Crippen molar-refractivity contribution in [3.05, 3.63) is 65.2 Å². The second kappa shape index (κ2) is 7.19. The normalized spacial score (nSPS) is 20.4. The number of carbonyl (C=O) groups excluding carboxylic acids is 1. The van der Waals surface area contributed by atoms with Gasteiger partial charge in [0, 0.05) is 36.7 Å². The average Bonchev–Trinajstić information content (AvgIpc) is 2.55. The van der Waals surface area contributed by atoms with E-state index in [1.54, 1.807) is 17.0 Å². The van der Waals surface area contributed by atoms with E-state index in [1.165, 1.54) is 0 Å². The molecule has 4 nitrogen and oxygen atoms in total. The zero-order chi connectivity index (χ0) is 18.0. The monoisotopic (exact) mass is 347 g/mol. The molecule has 1 fully saturated rings. The Hall–Kier alpha value is -2.47. The Morgan fingerprint density at radius 1 is 1.20 bits per heavy atom. The van der Waals surface area contributed by atoms with Crippen molar-refractivity contribution in [1.82, 2.24) is 4.90 Å². The summed E-state index contributed by atoms with van der Waals surface area (Å²) in [6, 6.07) is 10.1. The third-order valence-electron chi connectivity index (χ3n) is 4.20. The molecule has 2 aromatic carbocycles. The summed E-state index contributed by atoms with van der Waals surface area (Å²) in [5.41, 5.74) is 1.55. The smallest absolute Gasteiger partial charge is 0.253 e. The molecule has 0 aromatic heterocycles. The zero-order valence-corrected chi connectivity index (χ0v) is 13.8. The molecule has 25 heavy (non-hydrogen) atoms. The third-order valence-corrected chi connectivity index (χ3v) is 4.20. The minimum absolute atomic E-state index is 0.0278. The molecule has 1 saturated heterocycles. The molecular weight excluding hydrogens is 328 g/mol. The van der Waals surface area contributed by atoms with Gasteiger partial charge in [-0.25, -0.2) is 8.78 Å². The number of ether oxygens (including phenoxy) is 1. The predicted octanol–water partition coefficient (Wildman–Crippen LogP) is 2.93. The summed E-state index contributed by atoms with van der Waals surface area (Å²) in [7, 11) is 0. The minimum atomic E-state index is -0.936. The number of aryl methyl sites for hydroxylation is 1. The topological polar surface area (TPSA) is 49.8 Å². The van der Waals surface area contributed by atoms with E-state index in [1.807, 2.05) is 19.1 Å². The van der Waals surface area contributed by atoms with Crippen molar-refractivity contribution in [3.8, 4) is 5.75 Å². The number of rotatable bonds is 3. The molecule has 0 unspecified atom stereocenters. The van der Waals surface area contributed by atoms with Crippen LogP contribution < -0.4 is 4.74 Å². The highest BCUT2D eigenvalue weighted by Crippen LogP contribution is 2.22. The summed E-state index contributed by atoms with van der Waals surface area (Å²) < 4.78 is 32.0. The number of hydrogen-bond acceptors (Lipinski definition) is 3. The van der Waals surface area contributed by atoms with Crippen LogP contribution in [0.2, 0.25) is 0 Å². The number of amides is 1. The van der Waals surface area contributed by atoms with E-state index in [0.717, 1.165) is 23.8 Å². The molecule has 0 radical (unpaired) electrons. The van der Waals surface area contributed by atoms with E-state index in [9.17, 15) is 18.7 Å². The highest BCUT2D eigenvalue weighted by atomic mass is 19.1. The fourth-order valence-corrected chi connectivity index (χ4v) is 2.96. The Kier molecular flexibility index (Phi) is 4.99. The first-order chi connectivity index (χ1) is 11.9. The van der Waals surface area contributed by atoms with Gasteiger partial charge in [-0.3, -0.25) is 4.79 Å². The van der Waals surface area contributed by atoms with E-state index < -0.39 is 23.8 Å². The van der Waals surface area contributed by atoms with E-state index in [-0.39, 0.29) is 18.2 Å². The van der Waals surface area contributed by atoms with Crippen LogP contribution in [-0.4, -0.2) is 41.2 Å². The molecule has 0 aliphatic carbocycles. The summed E-state index contributed by atoms with van der Waals surface area (Å²) in [5.74, 6) is -1.61. The number of hydrogen-bond donors (Lipinski definition) is 1. The highest BCUT2D eigenvalue weighted by Gasteiger charge is 2.32. The highest BCUT2D eigenvalue weighted by molar-refractivity contribution is 5.94. The molecule has 1 amide bonds. The molecule has 0 spiro atoms. The molecule has 0 saturated carbocycles. The van der Waals surface area contributed by atoms with Crippen molar-refractivity contribution < 1.29 is 23.4 Å². The molecule has 2 aromatic rings. The summed E-state index contributed by atoms with van der Waals surface area (Å²) in [6.45, 7) is 2.41. The van der Waals surface area contributed by atoms with Crippen molar-refractivity contribution in [2.75, 3.05) is 13.1 Å². The van der Waals surface area contributed by atoms with Gasteiger partial charge in [-0.05, 0) is 19.1 Å². The molecule has 2 atom stereocenters. The number of benzene rings is 2. The van der Waals surface area contributed by atoms with Crippen LogP contribution in [0.1, 0.15) is 22.3 Å². The molecule has 1 heterocycles. The number of halogens is 2. The quantitative estimate of drug-likeness (QED) is 0.929. The van der Waals surface area contributed by atoms with Gasteiger partial charge in [0.15, 0.2) is 0 Å². The second-order valence-electron chi connectivity index (χ2n) is 6.24. The van der Waals surface area contributed by atoms with Gasteiger partial charge in [-0.15, -0.1) is 0 Å². The Labute approximate surface area is 144 Å². The van der Waals surface area contributed by atoms with Crippen molar-refractivity contribution in [2.45, 2.75) is 25.6 Å². The first-order valence-corrected chi connectivity index (χ1v) is 8.09. The second-order valence-corrected chi connectivity index (χ2v) is 6.24. The molecule has 1 aliphatic rings. The number of carbonyl (C=O) groups is 1. The van der Waals surface area contributed by atoms with Crippen LogP contribution in [0, 0.1) is 18.6 Å². The number of β-amino-alcohol motifs (C(OH)–C–C–N with tert-alkyl or cyclic N) is 1. The van der Waals surface area contributed by atoms with Crippen molar-refractivity contribution in [2.24, 2.45) is 0 Å². The van der Waals surface area contributed by atoms with Crippen molar-refractivity contribution in [3.63, 3.8) is 0 Å². The zero-order valence-electron chi connectivity index (χ0n) is 13.8. The first-order valence-electron chi connectivity index (χ1n) is 8.09. The largest absolute Gasteiger partial charge is 0.487 e. The van der Waals surface area contributed by atoms with Crippen molar-refractivity contribution in [1.29, 1.82) is 0 Å². The molecule has 132 valence electrons. The van der Waals surface area contributed by atoms with Gasteiger partial charge < -0.3 is 14.7 Å². The average molecular weight is 347 g/mol. The Balaban J connectivity index is 1.65. The lowest BCUT2D eigenvalue weighted by molar-refractivity contribution is -0.0200. The Morgan fingerprint density at radius 3 is 2.56 bits per heavy atom. The minimum Gasteiger partial charge on any atom is -0.487 e. The summed E-state index contributed by atoms with van der Waals surface area (Å²) >= 11 is 0. The maximum absolute atomic E-state index is 13.2. The van der Waals surface area contributed by atoms with Crippen molar-refractivity contribution >= 4 is 5.91 Å². The lowest BCUT2D eigenvalue weighted by Gasteiger charge is -2.36. The molecular formula is C19H19F2NO3. The van der Waals surface area contributed by atoms with Gasteiger partial charge in [0.25, 0.3) is 5.91 Å². The van der Waals surface area contributed by atoms with Gasteiger partial charge in [0.2, 0.25) is 0 Å². The van der Waals surface area contributed by atoms with Crippen LogP contribution >= 0.6 is 0 Å². The Morgan fingerprint density at radius 2 is 1.92 bits per heavy atom. The maximum atomic E-state index is 13.2. The van der Waals surface area contributed by atoms with Crippen LogP contribution in [0.5, 0.6) is 5.75 Å². The fraction of sp³-hybridized carbons (Fsp3) is 0.316. The van der Waals surface area contributed by atoms with Crippen LogP contribution in [-0.2, 0) is 0 Å². The van der Waals surface area contributed by atoms with E-state index in [2.05, 4.69) is 0 Å². The Bertz CT molecular complexity index is 761. The molecule has 0 bridgehead atoms. The fourth-order valence-electron chi connectivity index (χ4n) is 2.96. The van der Waals surface area contributed by atoms with Gasteiger partial charge in [0.05, 0.1) is 6.54 Å². The number of nitrogens with zero attached hydrogens (tertiary/aromatic N) is 1. The number of piperidine rings is 1. The molecule has 3 rings (SSSR count). The van der Waals surface area contributed by atoms with Gasteiger partial charge in [-0.2, -0.15) is 0 Å². The third kappa shape index (κ3) is 4.14. The summed E-state index contributed by atoms with van der Waals surface area (Å²) in [4.78, 5) is 14.1. The van der Waals surface area contributed by atoms with Crippen LogP contribution in [0.3, 0.4) is 0 Å². The lowest BCUT2D eigenvalue weighted by Crippen LogP contribution is -2.51. The maximum Gasteiger partial charge on any atom is 0.253 e. The number of likely N-dealkylation sites (tertiary alicyclic amines) is 1. The molecule has 1 aliphatic heterocycles. The lowest BCUT2D eigenvalue weighted by atomic mass is 10.0. The van der Waals surface area contributed by atoms with Gasteiger partial charge >= 0.3 is 0 Å². The predicted molar refractivity (Wildman–Crippen MR) is 88.5 cm³/mol. The first kappa shape index (κ1) is 17.4.